The third-order valence-corrected chi connectivity index (χ3v) is 3.30. The predicted molar refractivity (Wildman–Crippen MR) is 64.0 cm³/mol. The molecule has 0 N–H and O–H groups in total. The van der Waals surface area contributed by atoms with Crippen LogP contribution in [-0.2, 0) is 0 Å². The molecular formula is C11H6N2O3S. The van der Waals surface area contributed by atoms with Crippen molar-refractivity contribution in [2.24, 2.45) is 0 Å². The molecule has 2 aromatic heterocycles. The highest BCUT2D eigenvalue weighted by atomic mass is 32.1. The zero-order chi connectivity index (χ0) is 11.8. The van der Waals surface area contributed by atoms with E-state index in [0.29, 0.717) is 16.4 Å². The molecule has 0 aliphatic carbocycles. The fourth-order valence-electron chi connectivity index (χ4n) is 1.52. The van der Waals surface area contributed by atoms with Crippen molar-refractivity contribution in [1.82, 2.24) is 4.98 Å². The van der Waals surface area contributed by atoms with Crippen LogP contribution in [0.15, 0.2) is 40.8 Å². The molecule has 0 fully saturated rings. The van der Waals surface area contributed by atoms with Gasteiger partial charge < -0.3 is 4.42 Å². The molecule has 0 aliphatic heterocycles. The molecule has 0 atom stereocenters. The van der Waals surface area contributed by atoms with Crippen molar-refractivity contribution in [3.8, 4) is 10.8 Å². The molecule has 0 aliphatic rings. The van der Waals surface area contributed by atoms with E-state index in [0.717, 1.165) is 16.9 Å². The number of fused-ring (bicyclic) bond motifs is 1. The number of aromatic nitrogens is 1. The number of nitro groups is 1. The molecule has 84 valence electrons. The first-order chi connectivity index (χ1) is 8.24. The van der Waals surface area contributed by atoms with E-state index in [-0.39, 0.29) is 5.00 Å². The number of hydrogen-bond donors (Lipinski definition) is 0. The van der Waals surface area contributed by atoms with Crippen LogP contribution in [0.25, 0.3) is 21.9 Å². The first kappa shape index (κ1) is 9.98. The highest BCUT2D eigenvalue weighted by molar-refractivity contribution is 7.18. The monoisotopic (exact) mass is 246 g/mol. The Morgan fingerprint density at radius 2 is 2.06 bits per heavy atom. The van der Waals surface area contributed by atoms with Gasteiger partial charge in [0.2, 0.25) is 5.89 Å². The summed E-state index contributed by atoms with van der Waals surface area (Å²) in [5.41, 5.74) is 1.43. The molecule has 17 heavy (non-hydrogen) atoms. The number of para-hydroxylation sites is 2. The average Bonchev–Trinajstić information content (AvgIpc) is 2.95. The molecule has 5 nitrogen and oxygen atoms in total. The Bertz CT molecular complexity index is 668. The average molecular weight is 246 g/mol. The lowest BCUT2D eigenvalue weighted by Gasteiger charge is -1.84. The summed E-state index contributed by atoms with van der Waals surface area (Å²) in [5, 5.41) is 10.7. The highest BCUT2D eigenvalue weighted by Crippen LogP contribution is 2.33. The van der Waals surface area contributed by atoms with Gasteiger partial charge in [0.1, 0.15) is 5.52 Å². The second-order valence-electron chi connectivity index (χ2n) is 3.38. The molecule has 0 spiro atoms. The van der Waals surface area contributed by atoms with Gasteiger partial charge in [0, 0.05) is 6.07 Å². The van der Waals surface area contributed by atoms with Gasteiger partial charge in [-0.2, -0.15) is 0 Å². The quantitative estimate of drug-likeness (QED) is 0.512. The molecule has 3 rings (SSSR count). The summed E-state index contributed by atoms with van der Waals surface area (Å²) in [5.74, 6) is 0.421. The summed E-state index contributed by atoms with van der Waals surface area (Å²) in [6, 6.07) is 10.5. The molecule has 2 heterocycles. The summed E-state index contributed by atoms with van der Waals surface area (Å²) in [4.78, 5) is 15.1. The van der Waals surface area contributed by atoms with Gasteiger partial charge in [0.25, 0.3) is 0 Å². The van der Waals surface area contributed by atoms with Crippen LogP contribution in [-0.4, -0.2) is 9.91 Å². The van der Waals surface area contributed by atoms with Gasteiger partial charge in [-0.1, -0.05) is 23.5 Å². The van der Waals surface area contributed by atoms with Crippen LogP contribution in [0.4, 0.5) is 5.00 Å². The van der Waals surface area contributed by atoms with Crippen LogP contribution in [0, 0.1) is 10.1 Å². The highest BCUT2D eigenvalue weighted by Gasteiger charge is 2.15. The molecule has 0 bridgehead atoms. The molecule has 3 aromatic rings. The molecule has 0 radical (unpaired) electrons. The Kier molecular flexibility index (Phi) is 2.15. The van der Waals surface area contributed by atoms with E-state index in [1.54, 1.807) is 6.07 Å². The number of oxazole rings is 1. The van der Waals surface area contributed by atoms with Crippen molar-refractivity contribution in [3.63, 3.8) is 0 Å². The van der Waals surface area contributed by atoms with E-state index >= 15 is 0 Å². The van der Waals surface area contributed by atoms with Crippen LogP contribution >= 0.6 is 11.3 Å². The van der Waals surface area contributed by atoms with Crippen molar-refractivity contribution >= 4 is 27.4 Å². The van der Waals surface area contributed by atoms with Gasteiger partial charge >= 0.3 is 5.00 Å². The first-order valence-electron chi connectivity index (χ1n) is 4.84. The van der Waals surface area contributed by atoms with Crippen LogP contribution in [0.5, 0.6) is 0 Å². The molecule has 6 heteroatoms. The normalized spacial score (nSPS) is 10.8. The van der Waals surface area contributed by atoms with Gasteiger partial charge in [0.15, 0.2) is 5.58 Å². The summed E-state index contributed by atoms with van der Waals surface area (Å²) < 4.78 is 5.52. The largest absolute Gasteiger partial charge is 0.435 e. The van der Waals surface area contributed by atoms with Crippen molar-refractivity contribution in [2.45, 2.75) is 0 Å². The molecule has 0 unspecified atom stereocenters. The number of nitrogens with zero attached hydrogens (tertiary/aromatic N) is 2. The molecule has 0 saturated heterocycles. The lowest BCUT2D eigenvalue weighted by atomic mass is 10.3. The van der Waals surface area contributed by atoms with E-state index in [9.17, 15) is 10.1 Å². The smallest absolute Gasteiger partial charge is 0.324 e. The van der Waals surface area contributed by atoms with Crippen molar-refractivity contribution in [2.75, 3.05) is 0 Å². The molecule has 1 aromatic carbocycles. The lowest BCUT2D eigenvalue weighted by Crippen LogP contribution is -1.80. The Labute approximate surface area is 99.5 Å². The summed E-state index contributed by atoms with van der Waals surface area (Å²) >= 11 is 1.05. The molecular weight excluding hydrogens is 240 g/mol. The van der Waals surface area contributed by atoms with Crippen molar-refractivity contribution in [1.29, 1.82) is 0 Å². The lowest BCUT2D eigenvalue weighted by molar-refractivity contribution is -0.380. The van der Waals surface area contributed by atoms with Gasteiger partial charge in [-0.25, -0.2) is 4.98 Å². The maximum Gasteiger partial charge on any atom is 0.324 e. The Hall–Kier alpha value is -2.21. The van der Waals surface area contributed by atoms with E-state index in [1.165, 1.54) is 6.07 Å². The number of thiophene rings is 1. The minimum Gasteiger partial charge on any atom is -0.435 e. The third-order valence-electron chi connectivity index (χ3n) is 2.28. The second-order valence-corrected chi connectivity index (χ2v) is 4.44. The summed E-state index contributed by atoms with van der Waals surface area (Å²) in [6.45, 7) is 0. The van der Waals surface area contributed by atoms with E-state index in [1.807, 2.05) is 24.3 Å². The minimum absolute atomic E-state index is 0.0854. The number of rotatable bonds is 2. The van der Waals surface area contributed by atoms with Crippen LogP contribution in [0.2, 0.25) is 0 Å². The van der Waals surface area contributed by atoms with Crippen LogP contribution < -0.4 is 0 Å². The third kappa shape index (κ3) is 1.68. The van der Waals surface area contributed by atoms with Crippen molar-refractivity contribution in [3.05, 3.63) is 46.5 Å². The fraction of sp³-hybridized carbons (Fsp3) is 0. The fourth-order valence-corrected chi connectivity index (χ4v) is 2.26. The maximum absolute atomic E-state index is 10.6. The van der Waals surface area contributed by atoms with Crippen LogP contribution in [0.1, 0.15) is 0 Å². The zero-order valence-corrected chi connectivity index (χ0v) is 9.31. The Morgan fingerprint density at radius 3 is 2.76 bits per heavy atom. The van der Waals surface area contributed by atoms with E-state index < -0.39 is 4.92 Å². The molecule has 0 amide bonds. The number of hydrogen-bond acceptors (Lipinski definition) is 5. The minimum atomic E-state index is -0.420. The van der Waals surface area contributed by atoms with E-state index in [2.05, 4.69) is 4.98 Å². The predicted octanol–water partition coefficient (Wildman–Crippen LogP) is 3.46. The number of benzene rings is 1. The van der Waals surface area contributed by atoms with Gasteiger partial charge in [-0.05, 0) is 18.2 Å². The van der Waals surface area contributed by atoms with Gasteiger partial charge in [-0.3, -0.25) is 10.1 Å². The van der Waals surface area contributed by atoms with Crippen molar-refractivity contribution < 1.29 is 9.34 Å². The maximum atomic E-state index is 10.6. The first-order valence-corrected chi connectivity index (χ1v) is 5.66. The van der Waals surface area contributed by atoms with E-state index in [4.69, 9.17) is 4.42 Å². The van der Waals surface area contributed by atoms with Gasteiger partial charge in [0.05, 0.1) is 9.80 Å². The Morgan fingerprint density at radius 1 is 1.24 bits per heavy atom. The topological polar surface area (TPSA) is 69.2 Å². The Balaban J connectivity index is 2.10. The molecule has 0 saturated carbocycles. The second kappa shape index (κ2) is 3.67. The van der Waals surface area contributed by atoms with Gasteiger partial charge in [-0.15, -0.1) is 0 Å². The van der Waals surface area contributed by atoms with Crippen LogP contribution in [0.3, 0.4) is 0 Å². The summed E-state index contributed by atoms with van der Waals surface area (Å²) in [6.07, 6.45) is 0. The summed E-state index contributed by atoms with van der Waals surface area (Å²) in [7, 11) is 0. The standard InChI is InChI=1S/C11H6N2O3S/c14-13(15)10-6-5-9(17-10)11-12-7-3-1-2-4-8(7)16-11/h1-6H. The zero-order valence-electron chi connectivity index (χ0n) is 8.49. The SMILES string of the molecule is O=[N+]([O-])c1ccc(-c2nc3ccccc3o2)s1.